The molecule has 0 aliphatic rings. The van der Waals surface area contributed by atoms with Crippen molar-refractivity contribution < 1.29 is 4.79 Å². The molecule has 0 aliphatic carbocycles. The number of carbonyl (C=O) groups excluding carboxylic acids is 1. The van der Waals surface area contributed by atoms with E-state index in [0.717, 1.165) is 24.9 Å². The van der Waals surface area contributed by atoms with Crippen molar-refractivity contribution in [3.8, 4) is 0 Å². The minimum Gasteiger partial charge on any atom is -0.338 e. The van der Waals surface area contributed by atoms with Crippen molar-refractivity contribution in [2.75, 3.05) is 6.54 Å². The smallest absolute Gasteiger partial charge is 0.315 e. The van der Waals surface area contributed by atoms with E-state index in [-0.39, 0.29) is 12.1 Å². The molecule has 0 saturated heterocycles. The second-order valence-electron chi connectivity index (χ2n) is 3.76. The number of hydrogen-bond acceptors (Lipinski definition) is 2. The number of unbranched alkanes of at least 4 members (excludes halogenated alkanes) is 1. The van der Waals surface area contributed by atoms with Gasteiger partial charge in [-0.15, -0.1) is 0 Å². The highest BCUT2D eigenvalue weighted by atomic mass is 16.2. The van der Waals surface area contributed by atoms with Crippen LogP contribution in [0.4, 0.5) is 4.79 Å². The molecule has 0 bridgehead atoms. The summed E-state index contributed by atoms with van der Waals surface area (Å²) in [5.74, 6) is 0. The zero-order valence-corrected chi connectivity index (χ0v) is 9.86. The van der Waals surface area contributed by atoms with Crippen LogP contribution in [-0.4, -0.2) is 17.6 Å². The highest BCUT2D eigenvalue weighted by molar-refractivity contribution is 5.74. The third-order valence-corrected chi connectivity index (χ3v) is 2.37. The molecule has 2 N–H and O–H groups in total. The van der Waals surface area contributed by atoms with E-state index in [9.17, 15) is 4.79 Å². The van der Waals surface area contributed by atoms with Gasteiger partial charge in [0.25, 0.3) is 0 Å². The maximum Gasteiger partial charge on any atom is 0.315 e. The fourth-order valence-electron chi connectivity index (χ4n) is 1.36. The topological polar surface area (TPSA) is 54.0 Å². The van der Waals surface area contributed by atoms with Gasteiger partial charge in [0.15, 0.2) is 0 Å². The van der Waals surface area contributed by atoms with Gasteiger partial charge >= 0.3 is 6.03 Å². The number of carbonyl (C=O) groups is 1. The summed E-state index contributed by atoms with van der Waals surface area (Å²) in [4.78, 5) is 15.4. The van der Waals surface area contributed by atoms with Crippen molar-refractivity contribution in [2.24, 2.45) is 0 Å². The number of nitrogens with one attached hydrogen (secondary N) is 2. The molecular formula is C12H19N3O. The highest BCUT2D eigenvalue weighted by Crippen LogP contribution is 2.09. The summed E-state index contributed by atoms with van der Waals surface area (Å²) >= 11 is 0. The largest absolute Gasteiger partial charge is 0.338 e. The van der Waals surface area contributed by atoms with Crippen LogP contribution in [0.15, 0.2) is 24.5 Å². The van der Waals surface area contributed by atoms with Crippen LogP contribution in [0.25, 0.3) is 0 Å². The number of urea groups is 1. The molecule has 4 nitrogen and oxygen atoms in total. The van der Waals surface area contributed by atoms with Crippen LogP contribution in [0.5, 0.6) is 0 Å². The molecule has 4 heteroatoms. The zero-order chi connectivity index (χ0) is 11.8. The van der Waals surface area contributed by atoms with Crippen molar-refractivity contribution >= 4 is 6.03 Å². The average molecular weight is 221 g/mol. The normalized spacial score (nSPS) is 11.9. The third-order valence-electron chi connectivity index (χ3n) is 2.37. The predicted molar refractivity (Wildman–Crippen MR) is 64.1 cm³/mol. The highest BCUT2D eigenvalue weighted by Gasteiger charge is 2.07. The lowest BCUT2D eigenvalue weighted by atomic mass is 10.1. The Kier molecular flexibility index (Phi) is 5.32. The summed E-state index contributed by atoms with van der Waals surface area (Å²) in [6.07, 6.45) is 5.54. The van der Waals surface area contributed by atoms with E-state index in [1.54, 1.807) is 12.4 Å². The summed E-state index contributed by atoms with van der Waals surface area (Å²) < 4.78 is 0. The third kappa shape index (κ3) is 4.29. The van der Waals surface area contributed by atoms with Gasteiger partial charge < -0.3 is 10.6 Å². The van der Waals surface area contributed by atoms with Crippen LogP contribution in [0, 0.1) is 0 Å². The molecule has 0 spiro atoms. The molecule has 0 aromatic carbocycles. The van der Waals surface area contributed by atoms with E-state index in [2.05, 4.69) is 22.5 Å². The molecule has 88 valence electrons. The Labute approximate surface area is 96.5 Å². The molecule has 1 atom stereocenters. The summed E-state index contributed by atoms with van der Waals surface area (Å²) in [7, 11) is 0. The monoisotopic (exact) mass is 221 g/mol. The Morgan fingerprint density at radius 2 is 2.12 bits per heavy atom. The number of pyridine rings is 1. The molecule has 16 heavy (non-hydrogen) atoms. The molecule has 0 radical (unpaired) electrons. The van der Waals surface area contributed by atoms with E-state index in [1.165, 1.54) is 0 Å². The van der Waals surface area contributed by atoms with E-state index < -0.39 is 0 Å². The summed E-state index contributed by atoms with van der Waals surface area (Å²) in [6.45, 7) is 4.78. The molecule has 0 aliphatic heterocycles. The van der Waals surface area contributed by atoms with Crippen molar-refractivity contribution in [3.63, 3.8) is 0 Å². The maximum atomic E-state index is 11.5. The van der Waals surface area contributed by atoms with Gasteiger partial charge in [-0.1, -0.05) is 13.3 Å². The second kappa shape index (κ2) is 6.82. The van der Waals surface area contributed by atoms with Crippen LogP contribution in [0.2, 0.25) is 0 Å². The molecule has 0 saturated carbocycles. The van der Waals surface area contributed by atoms with Gasteiger partial charge in [0.1, 0.15) is 0 Å². The van der Waals surface area contributed by atoms with Crippen LogP contribution >= 0.6 is 0 Å². The molecule has 2 amide bonds. The minimum absolute atomic E-state index is 0.00428. The van der Waals surface area contributed by atoms with Crippen LogP contribution in [0.3, 0.4) is 0 Å². The number of aromatic nitrogens is 1. The summed E-state index contributed by atoms with van der Waals surface area (Å²) in [6, 6.07) is 3.69. The molecule has 1 heterocycles. The van der Waals surface area contributed by atoms with Gasteiger partial charge in [-0.25, -0.2) is 4.79 Å². The van der Waals surface area contributed by atoms with Crippen molar-refractivity contribution in [2.45, 2.75) is 32.7 Å². The molecule has 0 fully saturated rings. The Morgan fingerprint density at radius 3 is 2.75 bits per heavy atom. The molecule has 1 unspecified atom stereocenters. The zero-order valence-electron chi connectivity index (χ0n) is 9.86. The van der Waals surface area contributed by atoms with E-state index in [0.29, 0.717) is 0 Å². The first-order valence-electron chi connectivity index (χ1n) is 5.68. The number of nitrogens with zero attached hydrogens (tertiary/aromatic N) is 1. The van der Waals surface area contributed by atoms with E-state index in [1.807, 2.05) is 19.1 Å². The van der Waals surface area contributed by atoms with Crippen molar-refractivity contribution in [1.82, 2.24) is 15.6 Å². The number of amides is 2. The van der Waals surface area contributed by atoms with Crippen LogP contribution in [-0.2, 0) is 0 Å². The quantitative estimate of drug-likeness (QED) is 0.749. The lowest BCUT2D eigenvalue weighted by molar-refractivity contribution is 0.238. The van der Waals surface area contributed by atoms with Crippen LogP contribution in [0.1, 0.15) is 38.3 Å². The fraction of sp³-hybridized carbons (Fsp3) is 0.500. The standard InChI is InChI=1S/C12H19N3O/c1-3-4-7-14-12(16)15-10(2)11-5-8-13-9-6-11/h5-6,8-10H,3-4,7H2,1-2H3,(H2,14,15,16). The lowest BCUT2D eigenvalue weighted by Crippen LogP contribution is -2.37. The lowest BCUT2D eigenvalue weighted by Gasteiger charge is -2.14. The summed E-state index contributed by atoms with van der Waals surface area (Å²) in [5.41, 5.74) is 1.06. The fourth-order valence-corrected chi connectivity index (χ4v) is 1.36. The first-order chi connectivity index (χ1) is 7.74. The predicted octanol–water partition coefficient (Wildman–Crippen LogP) is 2.24. The first-order valence-corrected chi connectivity index (χ1v) is 5.68. The number of hydrogen-bond donors (Lipinski definition) is 2. The Balaban J connectivity index is 2.34. The molecular weight excluding hydrogens is 202 g/mol. The van der Waals surface area contributed by atoms with Gasteiger partial charge in [0, 0.05) is 18.9 Å². The molecule has 1 aromatic rings. The van der Waals surface area contributed by atoms with E-state index in [4.69, 9.17) is 0 Å². The SMILES string of the molecule is CCCCNC(=O)NC(C)c1ccncc1. The number of rotatable bonds is 5. The van der Waals surface area contributed by atoms with Gasteiger partial charge in [-0.3, -0.25) is 4.98 Å². The molecule has 1 aromatic heterocycles. The Bertz CT molecular complexity index is 313. The maximum absolute atomic E-state index is 11.5. The average Bonchev–Trinajstić information content (AvgIpc) is 2.30. The van der Waals surface area contributed by atoms with Gasteiger partial charge in [0.2, 0.25) is 0 Å². The molecule has 1 rings (SSSR count). The van der Waals surface area contributed by atoms with Crippen LogP contribution < -0.4 is 10.6 Å². The van der Waals surface area contributed by atoms with Gasteiger partial charge in [0.05, 0.1) is 6.04 Å². The van der Waals surface area contributed by atoms with Gasteiger partial charge in [-0.2, -0.15) is 0 Å². The Morgan fingerprint density at radius 1 is 1.44 bits per heavy atom. The minimum atomic E-state index is -0.113. The van der Waals surface area contributed by atoms with E-state index >= 15 is 0 Å². The van der Waals surface area contributed by atoms with Crippen molar-refractivity contribution in [1.29, 1.82) is 0 Å². The van der Waals surface area contributed by atoms with Crippen molar-refractivity contribution in [3.05, 3.63) is 30.1 Å². The van der Waals surface area contributed by atoms with Gasteiger partial charge in [-0.05, 0) is 31.0 Å². The Hall–Kier alpha value is -1.58. The first kappa shape index (κ1) is 12.5. The summed E-state index contributed by atoms with van der Waals surface area (Å²) in [5, 5.41) is 5.70. The second-order valence-corrected chi connectivity index (χ2v) is 3.76.